The van der Waals surface area contributed by atoms with Crippen molar-refractivity contribution in [3.63, 3.8) is 0 Å². The number of benzene rings is 1. The Morgan fingerprint density at radius 2 is 1.68 bits per heavy atom. The second kappa shape index (κ2) is 5.66. The molecule has 19 heavy (non-hydrogen) atoms. The summed E-state index contributed by atoms with van der Waals surface area (Å²) in [6, 6.07) is 10.6. The first-order valence-corrected chi connectivity index (χ1v) is 8.10. The first kappa shape index (κ1) is 13.2. The number of hydrogen-bond acceptors (Lipinski definition) is 1. The molecule has 0 radical (unpaired) electrons. The lowest BCUT2D eigenvalue weighted by Gasteiger charge is -2.27. The molecule has 0 heterocycles. The van der Waals surface area contributed by atoms with Crippen LogP contribution in [0.3, 0.4) is 0 Å². The SMILES string of the molecule is CCCC(C)NC1C2CCC1Cc1ccccc1C2. The van der Waals surface area contributed by atoms with Crippen LogP contribution < -0.4 is 5.32 Å². The normalized spacial score (nSPS) is 30.7. The highest BCUT2D eigenvalue weighted by Gasteiger charge is 2.38. The van der Waals surface area contributed by atoms with Gasteiger partial charge in [-0.15, -0.1) is 0 Å². The van der Waals surface area contributed by atoms with Crippen molar-refractivity contribution in [1.29, 1.82) is 0 Å². The van der Waals surface area contributed by atoms with Gasteiger partial charge in [0.2, 0.25) is 0 Å². The third-order valence-corrected chi connectivity index (χ3v) is 5.21. The Labute approximate surface area is 117 Å². The van der Waals surface area contributed by atoms with Crippen molar-refractivity contribution in [2.75, 3.05) is 0 Å². The summed E-state index contributed by atoms with van der Waals surface area (Å²) in [5.74, 6) is 1.74. The molecular formula is C18H27N. The molecule has 0 aliphatic heterocycles. The molecule has 1 N–H and O–H groups in total. The van der Waals surface area contributed by atoms with Gasteiger partial charge >= 0.3 is 0 Å². The lowest BCUT2D eigenvalue weighted by atomic mass is 9.94. The van der Waals surface area contributed by atoms with Gasteiger partial charge in [0.25, 0.3) is 0 Å². The van der Waals surface area contributed by atoms with Crippen molar-refractivity contribution in [2.45, 2.75) is 64.5 Å². The summed E-state index contributed by atoms with van der Waals surface area (Å²) in [6.45, 7) is 4.65. The third kappa shape index (κ3) is 2.72. The predicted octanol–water partition coefficient (Wildman–Crippen LogP) is 3.96. The summed E-state index contributed by atoms with van der Waals surface area (Å²) >= 11 is 0. The molecule has 3 rings (SSSR count). The zero-order valence-electron chi connectivity index (χ0n) is 12.4. The molecule has 0 spiro atoms. The molecule has 0 amide bonds. The molecule has 3 unspecified atom stereocenters. The molecule has 1 aromatic rings. The van der Waals surface area contributed by atoms with E-state index in [4.69, 9.17) is 0 Å². The Morgan fingerprint density at radius 1 is 1.11 bits per heavy atom. The van der Waals surface area contributed by atoms with Gasteiger partial charge in [0.05, 0.1) is 0 Å². The molecule has 104 valence electrons. The van der Waals surface area contributed by atoms with Crippen molar-refractivity contribution >= 4 is 0 Å². The molecule has 2 aliphatic carbocycles. The van der Waals surface area contributed by atoms with Crippen molar-refractivity contribution in [3.8, 4) is 0 Å². The van der Waals surface area contributed by atoms with Crippen LogP contribution in [-0.4, -0.2) is 12.1 Å². The van der Waals surface area contributed by atoms with Gasteiger partial charge in [-0.2, -0.15) is 0 Å². The van der Waals surface area contributed by atoms with Crippen LogP contribution in [0.15, 0.2) is 24.3 Å². The fourth-order valence-electron chi connectivity index (χ4n) is 4.27. The summed E-state index contributed by atoms with van der Waals surface area (Å²) in [6.07, 6.45) is 8.04. The molecule has 1 nitrogen and oxygen atoms in total. The van der Waals surface area contributed by atoms with E-state index in [1.165, 1.54) is 38.5 Å². The molecule has 1 saturated carbocycles. The van der Waals surface area contributed by atoms with Gasteiger partial charge in [0.15, 0.2) is 0 Å². The molecule has 2 bridgehead atoms. The monoisotopic (exact) mass is 257 g/mol. The maximum atomic E-state index is 3.96. The fraction of sp³-hybridized carbons (Fsp3) is 0.667. The van der Waals surface area contributed by atoms with Crippen LogP contribution >= 0.6 is 0 Å². The van der Waals surface area contributed by atoms with E-state index in [1.54, 1.807) is 11.1 Å². The highest BCUT2D eigenvalue weighted by atomic mass is 15.0. The van der Waals surface area contributed by atoms with Crippen LogP contribution in [0.2, 0.25) is 0 Å². The third-order valence-electron chi connectivity index (χ3n) is 5.21. The largest absolute Gasteiger partial charge is 0.311 e. The summed E-state index contributed by atoms with van der Waals surface area (Å²) in [7, 11) is 0. The maximum absolute atomic E-state index is 3.96. The van der Waals surface area contributed by atoms with Gasteiger partial charge in [0.1, 0.15) is 0 Å². The predicted molar refractivity (Wildman–Crippen MR) is 81.4 cm³/mol. The number of fused-ring (bicyclic) bond motifs is 3. The minimum absolute atomic E-state index is 0.680. The number of hydrogen-bond donors (Lipinski definition) is 1. The second-order valence-corrected chi connectivity index (χ2v) is 6.66. The van der Waals surface area contributed by atoms with Crippen molar-refractivity contribution < 1.29 is 0 Å². The summed E-state index contributed by atoms with van der Waals surface area (Å²) in [4.78, 5) is 0. The smallest absolute Gasteiger partial charge is 0.0132 e. The lowest BCUT2D eigenvalue weighted by Crippen LogP contribution is -2.43. The summed E-state index contributed by atoms with van der Waals surface area (Å²) in [5.41, 5.74) is 3.23. The Balaban J connectivity index is 1.76. The molecule has 1 heteroatoms. The van der Waals surface area contributed by atoms with Gasteiger partial charge in [-0.05, 0) is 62.0 Å². The Kier molecular flexibility index (Phi) is 3.93. The van der Waals surface area contributed by atoms with Crippen LogP contribution in [0, 0.1) is 11.8 Å². The molecule has 1 aromatic carbocycles. The number of nitrogens with one attached hydrogen (secondary N) is 1. The minimum Gasteiger partial charge on any atom is -0.311 e. The maximum Gasteiger partial charge on any atom is 0.0132 e. The highest BCUT2D eigenvalue weighted by Crippen LogP contribution is 2.40. The molecule has 3 atom stereocenters. The standard InChI is InChI=1S/C18H27N/c1-3-6-13(2)19-18-16-9-10-17(18)12-15-8-5-4-7-14(15)11-16/h4-5,7-8,13,16-19H,3,6,9-12H2,1-2H3. The quantitative estimate of drug-likeness (QED) is 0.861. The zero-order valence-corrected chi connectivity index (χ0v) is 12.4. The first-order valence-electron chi connectivity index (χ1n) is 8.10. The van der Waals surface area contributed by atoms with E-state index in [9.17, 15) is 0 Å². The van der Waals surface area contributed by atoms with Crippen LogP contribution in [0.1, 0.15) is 50.7 Å². The zero-order chi connectivity index (χ0) is 13.2. The van der Waals surface area contributed by atoms with Crippen molar-refractivity contribution in [3.05, 3.63) is 35.4 Å². The van der Waals surface area contributed by atoms with Gasteiger partial charge in [-0.25, -0.2) is 0 Å². The Hall–Kier alpha value is -0.820. The molecule has 2 aliphatic rings. The molecule has 1 fully saturated rings. The van der Waals surface area contributed by atoms with E-state index in [0.29, 0.717) is 6.04 Å². The molecule has 0 saturated heterocycles. The molecular weight excluding hydrogens is 230 g/mol. The number of rotatable bonds is 4. The van der Waals surface area contributed by atoms with E-state index in [1.807, 2.05) is 0 Å². The second-order valence-electron chi connectivity index (χ2n) is 6.66. The fourth-order valence-corrected chi connectivity index (χ4v) is 4.27. The Bertz CT molecular complexity index is 392. The van der Waals surface area contributed by atoms with Gasteiger partial charge in [-0.3, -0.25) is 0 Å². The summed E-state index contributed by atoms with van der Waals surface area (Å²) < 4.78 is 0. The van der Waals surface area contributed by atoms with Crippen LogP contribution in [0.5, 0.6) is 0 Å². The van der Waals surface area contributed by atoms with E-state index in [0.717, 1.165) is 17.9 Å². The Morgan fingerprint density at radius 3 is 2.21 bits per heavy atom. The van der Waals surface area contributed by atoms with Crippen molar-refractivity contribution in [1.82, 2.24) is 5.32 Å². The average Bonchev–Trinajstić information content (AvgIpc) is 2.66. The van der Waals surface area contributed by atoms with E-state index >= 15 is 0 Å². The van der Waals surface area contributed by atoms with E-state index in [-0.39, 0.29) is 0 Å². The topological polar surface area (TPSA) is 12.0 Å². The highest BCUT2D eigenvalue weighted by molar-refractivity contribution is 5.30. The van der Waals surface area contributed by atoms with E-state index in [2.05, 4.69) is 43.4 Å². The van der Waals surface area contributed by atoms with Crippen LogP contribution in [0.25, 0.3) is 0 Å². The van der Waals surface area contributed by atoms with Crippen molar-refractivity contribution in [2.24, 2.45) is 11.8 Å². The van der Waals surface area contributed by atoms with Gasteiger partial charge < -0.3 is 5.32 Å². The molecule has 0 aromatic heterocycles. The lowest BCUT2D eigenvalue weighted by molar-refractivity contribution is 0.305. The van der Waals surface area contributed by atoms with Gasteiger partial charge in [0, 0.05) is 12.1 Å². The average molecular weight is 257 g/mol. The first-order chi connectivity index (χ1) is 9.28. The van der Waals surface area contributed by atoms with E-state index < -0.39 is 0 Å². The van der Waals surface area contributed by atoms with Crippen LogP contribution in [0.4, 0.5) is 0 Å². The minimum atomic E-state index is 0.680. The van der Waals surface area contributed by atoms with Crippen LogP contribution in [-0.2, 0) is 12.8 Å². The van der Waals surface area contributed by atoms with Gasteiger partial charge in [-0.1, -0.05) is 37.6 Å². The summed E-state index contributed by atoms with van der Waals surface area (Å²) in [5, 5.41) is 3.96.